The molecule has 0 atom stereocenters. The lowest BCUT2D eigenvalue weighted by atomic mass is 9.93. The summed E-state index contributed by atoms with van der Waals surface area (Å²) in [4.78, 5) is 15.5. The maximum atomic E-state index is 13.6. The summed E-state index contributed by atoms with van der Waals surface area (Å²) in [5.74, 6) is 1.44. The van der Waals surface area contributed by atoms with Gasteiger partial charge in [-0.05, 0) is 66.8 Å². The van der Waals surface area contributed by atoms with Gasteiger partial charge in [-0.1, -0.05) is 48.0 Å². The number of hydrogen-bond acceptors (Lipinski definition) is 3. The molecule has 4 nitrogen and oxygen atoms in total. The van der Waals surface area contributed by atoms with Gasteiger partial charge in [0.05, 0.1) is 20.8 Å². The highest BCUT2D eigenvalue weighted by molar-refractivity contribution is 5.96. The van der Waals surface area contributed by atoms with E-state index in [0.717, 1.165) is 41.0 Å². The van der Waals surface area contributed by atoms with Crippen LogP contribution < -0.4 is 9.47 Å². The van der Waals surface area contributed by atoms with Crippen LogP contribution in [0, 0.1) is 6.92 Å². The number of aryl methyl sites for hydroxylation is 2. The third kappa shape index (κ3) is 4.48. The Morgan fingerprint density at radius 1 is 0.903 bits per heavy atom. The number of methoxy groups -OCH3 is 2. The highest BCUT2D eigenvalue weighted by atomic mass is 16.5. The predicted octanol–water partition coefficient (Wildman–Crippen LogP) is 5.64. The molecule has 0 N–H and O–H groups in total. The molecule has 3 aromatic carbocycles. The number of benzene rings is 3. The molecule has 158 valence electrons. The van der Waals surface area contributed by atoms with Crippen LogP contribution in [0.3, 0.4) is 0 Å². The average molecular weight is 414 g/mol. The standard InChI is InChI=1S/C27H27NO3/c1-19-8-7-11-22(14-19)27(29)28(18-20-9-5-4-6-10-20)24-13-12-21-16-25(30-2)26(31-3)17-23(21)15-24/h4-11,14-17H,12-13,18H2,1-3H3. The maximum absolute atomic E-state index is 13.6. The third-order valence-electron chi connectivity index (χ3n) is 5.66. The summed E-state index contributed by atoms with van der Waals surface area (Å²) in [6.45, 7) is 2.54. The Balaban J connectivity index is 1.74. The first-order valence-electron chi connectivity index (χ1n) is 10.5. The average Bonchev–Trinajstić information content (AvgIpc) is 2.81. The Labute approximate surface area is 183 Å². The van der Waals surface area contributed by atoms with E-state index in [-0.39, 0.29) is 5.91 Å². The summed E-state index contributed by atoms with van der Waals surface area (Å²) in [6.07, 6.45) is 3.73. The summed E-state index contributed by atoms with van der Waals surface area (Å²) < 4.78 is 10.9. The Bertz CT molecular complexity index is 1120. The number of rotatable bonds is 6. The lowest BCUT2D eigenvalue weighted by Gasteiger charge is -2.29. The van der Waals surface area contributed by atoms with E-state index in [1.807, 2.05) is 66.4 Å². The fourth-order valence-corrected chi connectivity index (χ4v) is 4.02. The molecule has 0 bridgehead atoms. The molecule has 1 aliphatic carbocycles. The van der Waals surface area contributed by atoms with E-state index < -0.39 is 0 Å². The van der Waals surface area contributed by atoms with Crippen LogP contribution in [-0.4, -0.2) is 25.0 Å². The minimum Gasteiger partial charge on any atom is -0.493 e. The fraction of sp³-hybridized carbons (Fsp3) is 0.222. The maximum Gasteiger partial charge on any atom is 0.258 e. The molecule has 1 aliphatic rings. The zero-order chi connectivity index (χ0) is 21.8. The number of carbonyl (C=O) groups excluding carboxylic acids is 1. The van der Waals surface area contributed by atoms with Gasteiger partial charge >= 0.3 is 0 Å². The first-order chi connectivity index (χ1) is 15.1. The van der Waals surface area contributed by atoms with E-state index in [0.29, 0.717) is 17.9 Å². The van der Waals surface area contributed by atoms with Crippen molar-refractivity contribution in [1.29, 1.82) is 0 Å². The quantitative estimate of drug-likeness (QED) is 0.525. The molecule has 0 radical (unpaired) electrons. The predicted molar refractivity (Wildman–Crippen MR) is 123 cm³/mol. The van der Waals surface area contributed by atoms with Crippen molar-refractivity contribution in [3.63, 3.8) is 0 Å². The van der Waals surface area contributed by atoms with Gasteiger partial charge in [0.25, 0.3) is 5.91 Å². The first kappa shape index (κ1) is 20.7. The van der Waals surface area contributed by atoms with Crippen LogP contribution in [0.1, 0.15) is 39.0 Å². The van der Waals surface area contributed by atoms with Crippen LogP contribution in [0.4, 0.5) is 0 Å². The van der Waals surface area contributed by atoms with Crippen LogP contribution in [0.2, 0.25) is 0 Å². The van der Waals surface area contributed by atoms with Crippen LogP contribution in [-0.2, 0) is 13.0 Å². The molecule has 0 heterocycles. The summed E-state index contributed by atoms with van der Waals surface area (Å²) >= 11 is 0. The fourth-order valence-electron chi connectivity index (χ4n) is 4.02. The lowest BCUT2D eigenvalue weighted by Crippen LogP contribution is -2.31. The molecule has 0 saturated carbocycles. The number of fused-ring (bicyclic) bond motifs is 1. The van der Waals surface area contributed by atoms with Crippen molar-refractivity contribution in [3.8, 4) is 11.5 Å². The molecule has 0 fully saturated rings. The summed E-state index contributed by atoms with van der Waals surface area (Å²) in [6, 6.07) is 21.9. The largest absolute Gasteiger partial charge is 0.493 e. The molecule has 3 aromatic rings. The zero-order valence-corrected chi connectivity index (χ0v) is 18.2. The molecular formula is C27H27NO3. The lowest BCUT2D eigenvalue weighted by molar-refractivity contribution is 0.0792. The van der Waals surface area contributed by atoms with Gasteiger partial charge in [-0.2, -0.15) is 0 Å². The molecular weight excluding hydrogens is 386 g/mol. The minimum absolute atomic E-state index is 0.0164. The van der Waals surface area contributed by atoms with Crippen LogP contribution in [0.5, 0.6) is 11.5 Å². The van der Waals surface area contributed by atoms with Crippen molar-refractivity contribution in [2.45, 2.75) is 26.3 Å². The number of ether oxygens (including phenoxy) is 2. The highest BCUT2D eigenvalue weighted by Crippen LogP contribution is 2.36. The van der Waals surface area contributed by atoms with E-state index in [9.17, 15) is 4.79 Å². The molecule has 1 amide bonds. The SMILES string of the molecule is COc1cc2c(cc1OC)CCC(N(Cc1ccccc1)C(=O)c1cccc(C)c1)=C2. The van der Waals surface area contributed by atoms with E-state index in [4.69, 9.17) is 9.47 Å². The Hall–Kier alpha value is -3.53. The van der Waals surface area contributed by atoms with Gasteiger partial charge < -0.3 is 14.4 Å². The Kier molecular flexibility index (Phi) is 6.08. The van der Waals surface area contributed by atoms with E-state index in [1.54, 1.807) is 14.2 Å². The first-order valence-corrected chi connectivity index (χ1v) is 10.5. The smallest absolute Gasteiger partial charge is 0.258 e. The van der Waals surface area contributed by atoms with Crippen molar-refractivity contribution >= 4 is 12.0 Å². The monoisotopic (exact) mass is 413 g/mol. The van der Waals surface area contributed by atoms with Gasteiger partial charge in [0, 0.05) is 11.3 Å². The van der Waals surface area contributed by atoms with Gasteiger partial charge in [-0.3, -0.25) is 4.79 Å². The molecule has 0 saturated heterocycles. The number of amides is 1. The number of carbonyl (C=O) groups is 1. The Morgan fingerprint density at radius 2 is 1.65 bits per heavy atom. The molecule has 31 heavy (non-hydrogen) atoms. The van der Waals surface area contributed by atoms with Gasteiger partial charge in [-0.15, -0.1) is 0 Å². The third-order valence-corrected chi connectivity index (χ3v) is 5.66. The second-order valence-corrected chi connectivity index (χ2v) is 7.79. The van der Waals surface area contributed by atoms with Crippen molar-refractivity contribution in [2.75, 3.05) is 14.2 Å². The van der Waals surface area contributed by atoms with E-state index >= 15 is 0 Å². The summed E-state index contributed by atoms with van der Waals surface area (Å²) in [7, 11) is 3.29. The van der Waals surface area contributed by atoms with Crippen molar-refractivity contribution in [2.24, 2.45) is 0 Å². The number of allylic oxidation sites excluding steroid dienone is 1. The second kappa shape index (κ2) is 9.09. The van der Waals surface area contributed by atoms with Crippen molar-refractivity contribution in [3.05, 3.63) is 100 Å². The van der Waals surface area contributed by atoms with Gasteiger partial charge in [0.1, 0.15) is 0 Å². The zero-order valence-electron chi connectivity index (χ0n) is 18.2. The summed E-state index contributed by atoms with van der Waals surface area (Å²) in [5, 5.41) is 0. The van der Waals surface area contributed by atoms with Crippen LogP contribution in [0.25, 0.3) is 6.08 Å². The van der Waals surface area contributed by atoms with Crippen LogP contribution >= 0.6 is 0 Å². The molecule has 0 aromatic heterocycles. The summed E-state index contributed by atoms with van der Waals surface area (Å²) in [5.41, 5.74) is 6.15. The van der Waals surface area contributed by atoms with Crippen LogP contribution in [0.15, 0.2) is 72.4 Å². The molecule has 0 spiro atoms. The van der Waals surface area contributed by atoms with Crippen molar-refractivity contribution in [1.82, 2.24) is 4.90 Å². The minimum atomic E-state index is 0.0164. The van der Waals surface area contributed by atoms with E-state index in [2.05, 4.69) is 18.2 Å². The van der Waals surface area contributed by atoms with Gasteiger partial charge in [-0.25, -0.2) is 0 Å². The van der Waals surface area contributed by atoms with Gasteiger partial charge in [0.2, 0.25) is 0 Å². The topological polar surface area (TPSA) is 38.8 Å². The number of hydrogen-bond donors (Lipinski definition) is 0. The molecule has 4 rings (SSSR count). The van der Waals surface area contributed by atoms with Gasteiger partial charge in [0.15, 0.2) is 11.5 Å². The molecule has 4 heteroatoms. The normalized spacial score (nSPS) is 12.5. The number of nitrogens with zero attached hydrogens (tertiary/aromatic N) is 1. The van der Waals surface area contributed by atoms with E-state index in [1.165, 1.54) is 5.56 Å². The second-order valence-electron chi connectivity index (χ2n) is 7.79. The molecule has 0 aliphatic heterocycles. The van der Waals surface area contributed by atoms with Crippen molar-refractivity contribution < 1.29 is 14.3 Å². The molecule has 0 unspecified atom stereocenters. The Morgan fingerprint density at radius 3 is 2.35 bits per heavy atom. The highest BCUT2D eigenvalue weighted by Gasteiger charge is 2.24.